The van der Waals surface area contributed by atoms with Gasteiger partial charge in [0.15, 0.2) is 11.0 Å². The summed E-state index contributed by atoms with van der Waals surface area (Å²) < 4.78 is 7.23. The number of carbonyl (C=O) groups is 1. The molecule has 4 aromatic rings. The molecule has 0 bridgehead atoms. The van der Waals surface area contributed by atoms with E-state index in [2.05, 4.69) is 22.4 Å². The summed E-state index contributed by atoms with van der Waals surface area (Å²) in [5.41, 5.74) is 4.78. The molecule has 0 atom stereocenters. The molecule has 0 aliphatic rings. The quantitative estimate of drug-likeness (QED) is 0.297. The number of anilines is 1. The molecule has 0 aliphatic carbocycles. The highest BCUT2D eigenvalue weighted by Crippen LogP contribution is 2.30. The first-order valence-corrected chi connectivity index (χ1v) is 12.2. The van der Waals surface area contributed by atoms with Crippen molar-refractivity contribution in [2.75, 3.05) is 18.2 Å². The third-order valence-electron chi connectivity index (χ3n) is 5.40. The normalized spacial score (nSPS) is 10.8. The maximum absolute atomic E-state index is 12.8. The minimum Gasteiger partial charge on any atom is -0.497 e. The zero-order valence-corrected chi connectivity index (χ0v) is 20.8. The van der Waals surface area contributed by atoms with Gasteiger partial charge in [-0.2, -0.15) is 0 Å². The number of methoxy groups -OCH3 is 1. The molecule has 3 aromatic carbocycles. The number of amides is 1. The number of rotatable bonds is 8. The predicted molar refractivity (Wildman–Crippen MR) is 138 cm³/mol. The second-order valence-electron chi connectivity index (χ2n) is 7.65. The Hall–Kier alpha value is -3.29. The van der Waals surface area contributed by atoms with Crippen LogP contribution in [-0.4, -0.2) is 33.5 Å². The molecular formula is C26H25ClN4O2S. The first kappa shape index (κ1) is 23.9. The van der Waals surface area contributed by atoms with Crippen molar-refractivity contribution in [3.8, 4) is 22.8 Å². The maximum atomic E-state index is 12.8. The van der Waals surface area contributed by atoms with Gasteiger partial charge in [0.05, 0.1) is 12.9 Å². The van der Waals surface area contributed by atoms with Gasteiger partial charge in [-0.25, -0.2) is 0 Å². The summed E-state index contributed by atoms with van der Waals surface area (Å²) in [4.78, 5) is 12.8. The highest BCUT2D eigenvalue weighted by atomic mass is 35.5. The van der Waals surface area contributed by atoms with Crippen LogP contribution in [0.3, 0.4) is 0 Å². The number of nitrogens with zero attached hydrogens (tertiary/aromatic N) is 3. The summed E-state index contributed by atoms with van der Waals surface area (Å²) in [5.74, 6) is 1.53. The highest BCUT2D eigenvalue weighted by Gasteiger charge is 2.18. The molecule has 1 N–H and O–H groups in total. The lowest BCUT2D eigenvalue weighted by molar-refractivity contribution is -0.113. The molecular weight excluding hydrogens is 468 g/mol. The van der Waals surface area contributed by atoms with Crippen LogP contribution in [-0.2, 0) is 11.2 Å². The molecule has 1 aromatic heterocycles. The monoisotopic (exact) mass is 492 g/mol. The first-order valence-electron chi connectivity index (χ1n) is 10.9. The summed E-state index contributed by atoms with van der Waals surface area (Å²) >= 11 is 7.41. The predicted octanol–water partition coefficient (Wildman–Crippen LogP) is 6.20. The van der Waals surface area contributed by atoms with Crippen molar-refractivity contribution in [2.24, 2.45) is 0 Å². The van der Waals surface area contributed by atoms with E-state index in [0.717, 1.165) is 40.2 Å². The number of aryl methyl sites for hydroxylation is 2. The fraction of sp³-hybridized carbons (Fsp3) is 0.192. The third kappa shape index (κ3) is 5.26. The molecule has 0 radical (unpaired) electrons. The summed E-state index contributed by atoms with van der Waals surface area (Å²) in [7, 11) is 1.63. The van der Waals surface area contributed by atoms with Crippen molar-refractivity contribution in [3.05, 3.63) is 82.9 Å². The van der Waals surface area contributed by atoms with Gasteiger partial charge in [0, 0.05) is 22.0 Å². The Bertz CT molecular complexity index is 1290. The molecule has 0 fully saturated rings. The van der Waals surface area contributed by atoms with Crippen LogP contribution in [0.5, 0.6) is 5.75 Å². The molecule has 6 nitrogen and oxygen atoms in total. The molecule has 0 saturated heterocycles. The fourth-order valence-electron chi connectivity index (χ4n) is 3.62. The molecule has 1 amide bonds. The maximum Gasteiger partial charge on any atom is 0.234 e. The van der Waals surface area contributed by atoms with Crippen LogP contribution in [0.1, 0.15) is 18.1 Å². The van der Waals surface area contributed by atoms with Crippen molar-refractivity contribution in [1.82, 2.24) is 14.8 Å². The second-order valence-corrected chi connectivity index (χ2v) is 9.02. The molecule has 0 saturated carbocycles. The standard InChI is InChI=1S/C26H25ClN4O2S/c1-4-18-7-5-6-17(2)24(18)28-23(32)16-34-26-30-29-25(19-8-10-20(27)11-9-19)31(26)21-12-14-22(33-3)15-13-21/h5-15H,4,16H2,1-3H3,(H,28,32). The summed E-state index contributed by atoms with van der Waals surface area (Å²) in [6.45, 7) is 4.08. The second kappa shape index (κ2) is 10.8. The van der Waals surface area contributed by atoms with E-state index in [-0.39, 0.29) is 11.7 Å². The van der Waals surface area contributed by atoms with Crippen molar-refractivity contribution < 1.29 is 9.53 Å². The Labute approximate surface area is 208 Å². The average molecular weight is 493 g/mol. The summed E-state index contributed by atoms with van der Waals surface area (Å²) in [6, 6.07) is 21.1. The van der Waals surface area contributed by atoms with Crippen molar-refractivity contribution >= 4 is 35.0 Å². The molecule has 8 heteroatoms. The number of halogens is 1. The van der Waals surface area contributed by atoms with Gasteiger partial charge >= 0.3 is 0 Å². The Morgan fingerprint density at radius 1 is 1.06 bits per heavy atom. The molecule has 174 valence electrons. The Kier molecular flexibility index (Phi) is 7.55. The van der Waals surface area contributed by atoms with Crippen molar-refractivity contribution in [1.29, 1.82) is 0 Å². The van der Waals surface area contributed by atoms with Gasteiger partial charge in [0.25, 0.3) is 0 Å². The number of benzene rings is 3. The number of aromatic nitrogens is 3. The molecule has 34 heavy (non-hydrogen) atoms. The van der Waals surface area contributed by atoms with E-state index < -0.39 is 0 Å². The van der Waals surface area contributed by atoms with E-state index in [1.807, 2.05) is 78.2 Å². The lowest BCUT2D eigenvalue weighted by Gasteiger charge is -2.13. The Morgan fingerprint density at radius 3 is 2.47 bits per heavy atom. The summed E-state index contributed by atoms with van der Waals surface area (Å²) in [5, 5.41) is 13.2. The van der Waals surface area contributed by atoms with Crippen LogP contribution in [0.2, 0.25) is 5.02 Å². The Balaban J connectivity index is 1.61. The van der Waals surface area contributed by atoms with E-state index in [4.69, 9.17) is 16.3 Å². The van der Waals surface area contributed by atoms with Gasteiger partial charge in [0.1, 0.15) is 5.75 Å². The number of hydrogen-bond acceptors (Lipinski definition) is 5. The lowest BCUT2D eigenvalue weighted by Crippen LogP contribution is -2.16. The SMILES string of the molecule is CCc1cccc(C)c1NC(=O)CSc1nnc(-c2ccc(Cl)cc2)n1-c1ccc(OC)cc1. The van der Waals surface area contributed by atoms with Crippen LogP contribution in [0.4, 0.5) is 5.69 Å². The van der Waals surface area contributed by atoms with Crippen molar-refractivity contribution in [2.45, 2.75) is 25.4 Å². The van der Waals surface area contributed by atoms with Crippen LogP contribution < -0.4 is 10.1 Å². The van der Waals surface area contributed by atoms with E-state index in [1.54, 1.807) is 7.11 Å². The van der Waals surface area contributed by atoms with E-state index in [1.165, 1.54) is 11.8 Å². The van der Waals surface area contributed by atoms with Crippen LogP contribution in [0.25, 0.3) is 17.1 Å². The zero-order valence-electron chi connectivity index (χ0n) is 19.2. The number of para-hydroxylation sites is 1. The molecule has 0 aliphatic heterocycles. The third-order valence-corrected chi connectivity index (χ3v) is 6.58. The van der Waals surface area contributed by atoms with Crippen LogP contribution >= 0.6 is 23.4 Å². The lowest BCUT2D eigenvalue weighted by atomic mass is 10.1. The first-order chi connectivity index (χ1) is 16.5. The van der Waals surface area contributed by atoms with Gasteiger partial charge in [-0.15, -0.1) is 10.2 Å². The number of ether oxygens (including phenoxy) is 1. The highest BCUT2D eigenvalue weighted by molar-refractivity contribution is 7.99. The van der Waals surface area contributed by atoms with Crippen LogP contribution in [0, 0.1) is 6.92 Å². The van der Waals surface area contributed by atoms with Gasteiger partial charge in [0.2, 0.25) is 5.91 Å². The number of thioether (sulfide) groups is 1. The van der Waals surface area contributed by atoms with Crippen LogP contribution in [0.15, 0.2) is 71.9 Å². The minimum atomic E-state index is -0.0914. The number of nitrogens with one attached hydrogen (secondary N) is 1. The van der Waals surface area contributed by atoms with Crippen molar-refractivity contribution in [3.63, 3.8) is 0 Å². The molecule has 0 spiro atoms. The fourth-order valence-corrected chi connectivity index (χ4v) is 4.50. The number of carbonyl (C=O) groups excluding carboxylic acids is 1. The van der Waals surface area contributed by atoms with Gasteiger partial charge < -0.3 is 10.1 Å². The Morgan fingerprint density at radius 2 is 1.79 bits per heavy atom. The minimum absolute atomic E-state index is 0.0914. The van der Waals surface area contributed by atoms with Gasteiger partial charge in [-0.1, -0.05) is 48.5 Å². The summed E-state index contributed by atoms with van der Waals surface area (Å²) in [6.07, 6.45) is 0.848. The molecule has 0 unspecified atom stereocenters. The smallest absolute Gasteiger partial charge is 0.234 e. The number of hydrogen-bond donors (Lipinski definition) is 1. The largest absolute Gasteiger partial charge is 0.497 e. The van der Waals surface area contributed by atoms with E-state index in [9.17, 15) is 4.79 Å². The van der Waals surface area contributed by atoms with Gasteiger partial charge in [-0.3, -0.25) is 9.36 Å². The van der Waals surface area contributed by atoms with E-state index >= 15 is 0 Å². The molecule has 4 rings (SSSR count). The van der Waals surface area contributed by atoms with Gasteiger partial charge in [-0.05, 0) is 73.0 Å². The average Bonchev–Trinajstić information content (AvgIpc) is 3.28. The van der Waals surface area contributed by atoms with E-state index in [0.29, 0.717) is 16.0 Å². The zero-order chi connectivity index (χ0) is 24.1. The topological polar surface area (TPSA) is 69.0 Å². The molecule has 1 heterocycles.